The van der Waals surface area contributed by atoms with Crippen LogP contribution in [0.15, 0.2) is 36.5 Å². The molecule has 1 aromatic heterocycles. The molecule has 0 amide bonds. The van der Waals surface area contributed by atoms with Gasteiger partial charge < -0.3 is 14.6 Å². The minimum atomic E-state index is -0.822. The van der Waals surface area contributed by atoms with Crippen LogP contribution < -0.4 is 0 Å². The largest absolute Gasteiger partial charge is 0.480 e. The molecule has 2 aromatic rings. The van der Waals surface area contributed by atoms with Crippen molar-refractivity contribution in [2.45, 2.75) is 6.04 Å². The Morgan fingerprint density at radius 1 is 1.13 bits per heavy atom. The highest BCUT2D eigenvalue weighted by Gasteiger charge is 2.32. The van der Waals surface area contributed by atoms with Crippen LogP contribution in [0.25, 0.3) is 11.4 Å². The van der Waals surface area contributed by atoms with Gasteiger partial charge in [-0.15, -0.1) is 0 Å². The van der Waals surface area contributed by atoms with Crippen molar-refractivity contribution in [1.82, 2.24) is 19.4 Å². The van der Waals surface area contributed by atoms with Crippen molar-refractivity contribution >= 4 is 5.97 Å². The summed E-state index contributed by atoms with van der Waals surface area (Å²) in [5, 5.41) is 9.75. The van der Waals surface area contributed by atoms with Crippen molar-refractivity contribution in [2.75, 3.05) is 33.2 Å². The van der Waals surface area contributed by atoms with E-state index >= 15 is 0 Å². The number of piperazine rings is 1. The summed E-state index contributed by atoms with van der Waals surface area (Å²) < 4.78 is 1.90. The summed E-state index contributed by atoms with van der Waals surface area (Å²) >= 11 is 0. The molecule has 1 atom stereocenters. The number of rotatable bonds is 4. The maximum atomic E-state index is 11.9. The lowest BCUT2D eigenvalue weighted by Gasteiger charge is -2.36. The molecule has 0 spiro atoms. The van der Waals surface area contributed by atoms with Crippen LogP contribution in [0.3, 0.4) is 0 Å². The molecule has 0 aliphatic carbocycles. The van der Waals surface area contributed by atoms with Crippen LogP contribution in [0, 0.1) is 0 Å². The van der Waals surface area contributed by atoms with Crippen LogP contribution in [-0.4, -0.2) is 63.7 Å². The van der Waals surface area contributed by atoms with Crippen molar-refractivity contribution in [3.05, 3.63) is 42.2 Å². The van der Waals surface area contributed by atoms with E-state index in [0.717, 1.165) is 43.3 Å². The molecule has 1 fully saturated rings. The number of carboxylic acids is 1. The van der Waals surface area contributed by atoms with E-state index in [0.29, 0.717) is 0 Å². The van der Waals surface area contributed by atoms with Crippen molar-refractivity contribution in [2.24, 2.45) is 7.05 Å². The first-order chi connectivity index (χ1) is 11.1. The number of nitrogens with zero attached hydrogens (tertiary/aromatic N) is 4. The Morgan fingerprint density at radius 3 is 2.39 bits per heavy atom. The van der Waals surface area contributed by atoms with E-state index < -0.39 is 12.0 Å². The van der Waals surface area contributed by atoms with Gasteiger partial charge in [-0.05, 0) is 7.05 Å². The number of hydrogen-bond acceptors (Lipinski definition) is 4. The number of likely N-dealkylation sites (N-methyl/N-ethyl adjacent to an activating group) is 1. The molecule has 1 aliphatic heterocycles. The molecule has 0 bridgehead atoms. The topological polar surface area (TPSA) is 61.6 Å². The van der Waals surface area contributed by atoms with Crippen LogP contribution in [0.1, 0.15) is 11.7 Å². The summed E-state index contributed by atoms with van der Waals surface area (Å²) in [6.07, 6.45) is 1.69. The number of carboxylic acid groups (broad SMARTS) is 1. The van der Waals surface area contributed by atoms with Gasteiger partial charge in [-0.3, -0.25) is 9.69 Å². The third kappa shape index (κ3) is 3.13. The molecule has 1 unspecified atom stereocenters. The van der Waals surface area contributed by atoms with E-state index in [4.69, 9.17) is 0 Å². The fraction of sp³-hybridized carbons (Fsp3) is 0.412. The lowest BCUT2D eigenvalue weighted by atomic mass is 10.1. The van der Waals surface area contributed by atoms with Crippen molar-refractivity contribution < 1.29 is 9.90 Å². The molecule has 2 heterocycles. The zero-order valence-corrected chi connectivity index (χ0v) is 13.5. The molecule has 6 heteroatoms. The second kappa shape index (κ2) is 6.52. The van der Waals surface area contributed by atoms with Crippen LogP contribution >= 0.6 is 0 Å². The summed E-state index contributed by atoms with van der Waals surface area (Å²) in [7, 11) is 3.95. The third-order valence-electron chi connectivity index (χ3n) is 4.47. The van der Waals surface area contributed by atoms with Gasteiger partial charge in [0.05, 0.1) is 11.9 Å². The number of benzene rings is 1. The maximum Gasteiger partial charge on any atom is 0.327 e. The molecule has 0 saturated carbocycles. The fourth-order valence-electron chi connectivity index (χ4n) is 3.08. The predicted octanol–water partition coefficient (Wildman–Crippen LogP) is 1.46. The first-order valence-corrected chi connectivity index (χ1v) is 7.80. The summed E-state index contributed by atoms with van der Waals surface area (Å²) in [6.45, 7) is 3.26. The van der Waals surface area contributed by atoms with Gasteiger partial charge in [-0.1, -0.05) is 30.3 Å². The lowest BCUT2D eigenvalue weighted by Crippen LogP contribution is -2.48. The quantitative estimate of drug-likeness (QED) is 0.926. The van der Waals surface area contributed by atoms with E-state index in [1.165, 1.54) is 0 Å². The number of imidazole rings is 1. The number of hydrogen-bond donors (Lipinski definition) is 1. The molecule has 1 saturated heterocycles. The SMILES string of the molecule is CN1CCN(C(C(=O)O)c2cnc(-c3ccccc3)n2C)CC1. The van der Waals surface area contributed by atoms with Gasteiger partial charge in [0.15, 0.2) is 6.04 Å². The summed E-state index contributed by atoms with van der Waals surface area (Å²) in [5.74, 6) is -0.0295. The van der Waals surface area contributed by atoms with Crippen molar-refractivity contribution in [3.63, 3.8) is 0 Å². The molecule has 1 aromatic carbocycles. The van der Waals surface area contributed by atoms with Crippen LogP contribution in [-0.2, 0) is 11.8 Å². The van der Waals surface area contributed by atoms with E-state index in [-0.39, 0.29) is 0 Å². The highest BCUT2D eigenvalue weighted by molar-refractivity contribution is 5.75. The highest BCUT2D eigenvalue weighted by atomic mass is 16.4. The predicted molar refractivity (Wildman–Crippen MR) is 88.1 cm³/mol. The van der Waals surface area contributed by atoms with Crippen LogP contribution in [0.2, 0.25) is 0 Å². The van der Waals surface area contributed by atoms with Crippen molar-refractivity contribution in [3.8, 4) is 11.4 Å². The van der Waals surface area contributed by atoms with Gasteiger partial charge >= 0.3 is 5.97 Å². The summed E-state index contributed by atoms with van der Waals surface area (Å²) in [5.41, 5.74) is 1.71. The molecule has 1 N–H and O–H groups in total. The minimum Gasteiger partial charge on any atom is -0.480 e. The zero-order valence-electron chi connectivity index (χ0n) is 13.5. The Balaban J connectivity index is 1.92. The molecular weight excluding hydrogens is 292 g/mol. The summed E-state index contributed by atoms with van der Waals surface area (Å²) in [6, 6.07) is 9.18. The summed E-state index contributed by atoms with van der Waals surface area (Å²) in [4.78, 5) is 20.6. The smallest absolute Gasteiger partial charge is 0.327 e. The Hall–Kier alpha value is -2.18. The normalized spacial score (nSPS) is 18.0. The Labute approximate surface area is 136 Å². The molecule has 122 valence electrons. The Kier molecular flexibility index (Phi) is 4.45. The number of aliphatic carboxylic acids is 1. The standard InChI is InChI=1S/C17H22N4O2/c1-19-8-10-21(11-9-19)15(17(22)23)14-12-18-16(20(14)2)13-6-4-3-5-7-13/h3-7,12,15H,8-11H2,1-2H3,(H,22,23). The van der Waals surface area contributed by atoms with Gasteiger partial charge in [-0.2, -0.15) is 0 Å². The average Bonchev–Trinajstić information content (AvgIpc) is 2.92. The lowest BCUT2D eigenvalue weighted by molar-refractivity contribution is -0.144. The molecule has 23 heavy (non-hydrogen) atoms. The minimum absolute atomic E-state index is 0.654. The third-order valence-corrected chi connectivity index (χ3v) is 4.47. The monoisotopic (exact) mass is 314 g/mol. The van der Waals surface area contributed by atoms with Gasteiger partial charge in [0.1, 0.15) is 5.82 Å². The first kappa shape index (κ1) is 15.7. The molecule has 1 aliphatic rings. The van der Waals surface area contributed by atoms with E-state index in [2.05, 4.69) is 16.9 Å². The molecule has 3 rings (SSSR count). The van der Waals surface area contributed by atoms with Crippen LogP contribution in [0.5, 0.6) is 0 Å². The Morgan fingerprint density at radius 2 is 1.78 bits per heavy atom. The van der Waals surface area contributed by atoms with Crippen LogP contribution in [0.4, 0.5) is 0 Å². The zero-order chi connectivity index (χ0) is 16.4. The van der Waals surface area contributed by atoms with Gasteiger partial charge in [0, 0.05) is 38.8 Å². The van der Waals surface area contributed by atoms with Gasteiger partial charge in [-0.25, -0.2) is 4.98 Å². The second-order valence-electron chi connectivity index (χ2n) is 6.01. The van der Waals surface area contributed by atoms with E-state index in [1.54, 1.807) is 6.20 Å². The maximum absolute atomic E-state index is 11.9. The first-order valence-electron chi connectivity index (χ1n) is 7.80. The molecule has 6 nitrogen and oxygen atoms in total. The highest BCUT2D eigenvalue weighted by Crippen LogP contribution is 2.26. The van der Waals surface area contributed by atoms with E-state index in [1.807, 2.05) is 46.8 Å². The fourth-order valence-corrected chi connectivity index (χ4v) is 3.08. The number of carbonyl (C=O) groups is 1. The van der Waals surface area contributed by atoms with Crippen molar-refractivity contribution in [1.29, 1.82) is 0 Å². The van der Waals surface area contributed by atoms with Gasteiger partial charge in [0.25, 0.3) is 0 Å². The van der Waals surface area contributed by atoms with Gasteiger partial charge in [0.2, 0.25) is 0 Å². The number of aromatic nitrogens is 2. The second-order valence-corrected chi connectivity index (χ2v) is 6.01. The average molecular weight is 314 g/mol. The molecule has 0 radical (unpaired) electrons. The Bertz CT molecular complexity index is 675. The molecular formula is C17H22N4O2. The van der Waals surface area contributed by atoms with E-state index in [9.17, 15) is 9.90 Å².